The van der Waals surface area contributed by atoms with Crippen LogP contribution in [-0.4, -0.2) is 0 Å². The zero-order valence-corrected chi connectivity index (χ0v) is 3.65. The Bertz CT molecular complexity index is 17.2. The first kappa shape index (κ1) is 9.01. The topological polar surface area (TPSA) is 17.1 Å². The third-order valence-electron chi connectivity index (χ3n) is 0. The second-order valence-corrected chi connectivity index (χ2v) is 0. The molecule has 0 fully saturated rings. The Balaban J connectivity index is 0. The summed E-state index contributed by atoms with van der Waals surface area (Å²) in [6.45, 7) is 0. The van der Waals surface area contributed by atoms with Gasteiger partial charge in [0.05, 0.1) is 0 Å². The van der Waals surface area contributed by atoms with Crippen LogP contribution in [0.5, 0.6) is 0 Å². The molecule has 2 heteroatoms. The van der Waals surface area contributed by atoms with Crippen molar-refractivity contribution < 1.29 is 21.8 Å². The molecule has 0 aliphatic rings. The zero-order valence-electron chi connectivity index (χ0n) is 1.92. The standard InChI is InChI=1S/C2H2.O.Ru/c1-2;;/h1-2H;;. The Morgan fingerprint density at radius 3 is 1.25 bits per heavy atom. The van der Waals surface area contributed by atoms with Gasteiger partial charge in [-0.15, -0.1) is 12.8 Å². The third-order valence-corrected chi connectivity index (χ3v) is 0. The van der Waals surface area contributed by atoms with Gasteiger partial charge in [0.2, 0.25) is 0 Å². The summed E-state index contributed by atoms with van der Waals surface area (Å²) in [6.07, 6.45) is 8.00. The molecule has 24 valence electrons. The summed E-state index contributed by atoms with van der Waals surface area (Å²) in [7, 11) is 0. The van der Waals surface area contributed by atoms with Crippen LogP contribution in [-0.2, 0) is 21.8 Å². The molecule has 0 unspecified atom stereocenters. The van der Waals surface area contributed by atoms with Gasteiger partial charge in [-0.3, -0.25) is 0 Å². The van der Waals surface area contributed by atoms with Crippen molar-refractivity contribution in [2.75, 3.05) is 0 Å². The minimum absolute atomic E-state index is 1.10. The molecular weight excluding hydrogens is 141 g/mol. The summed E-state index contributed by atoms with van der Waals surface area (Å²) < 4.78 is 8.18. The molecule has 0 atom stereocenters. The van der Waals surface area contributed by atoms with Crippen LogP contribution in [0.4, 0.5) is 0 Å². The molecule has 1 nitrogen and oxygen atoms in total. The average molecular weight is 143 g/mol. The molecule has 0 saturated carbocycles. The van der Waals surface area contributed by atoms with Gasteiger partial charge in [0.25, 0.3) is 0 Å². The molecular formula is C2H2ORu. The van der Waals surface area contributed by atoms with E-state index in [0.717, 1.165) is 18.3 Å². The van der Waals surface area contributed by atoms with Gasteiger partial charge in [0.1, 0.15) is 0 Å². The predicted octanol–water partition coefficient (Wildman–Crippen LogP) is 0.128. The van der Waals surface area contributed by atoms with Crippen molar-refractivity contribution in [3.05, 3.63) is 0 Å². The van der Waals surface area contributed by atoms with Crippen molar-refractivity contribution in [3.8, 4) is 12.8 Å². The van der Waals surface area contributed by atoms with E-state index in [1.165, 1.54) is 0 Å². The summed E-state index contributed by atoms with van der Waals surface area (Å²) in [5.41, 5.74) is 0. The first-order chi connectivity index (χ1) is 2.00. The summed E-state index contributed by atoms with van der Waals surface area (Å²) >= 11 is 1.10. The fraction of sp³-hybridized carbons (Fsp3) is 0. The van der Waals surface area contributed by atoms with E-state index in [1.807, 2.05) is 0 Å². The van der Waals surface area contributed by atoms with E-state index in [4.69, 9.17) is 3.57 Å². The monoisotopic (exact) mass is 144 g/mol. The third kappa shape index (κ3) is 6940. The van der Waals surface area contributed by atoms with Gasteiger partial charge in [0, 0.05) is 0 Å². The van der Waals surface area contributed by atoms with E-state index in [1.54, 1.807) is 0 Å². The Labute approximate surface area is 35.3 Å². The van der Waals surface area contributed by atoms with E-state index >= 15 is 0 Å². The quantitative estimate of drug-likeness (QED) is 0.348. The molecule has 0 aromatic rings. The molecule has 0 spiro atoms. The van der Waals surface area contributed by atoms with Crippen LogP contribution in [0.15, 0.2) is 0 Å². The number of hydrogen-bond acceptors (Lipinski definition) is 1. The van der Waals surface area contributed by atoms with Crippen molar-refractivity contribution >= 4 is 0 Å². The molecule has 0 heterocycles. The van der Waals surface area contributed by atoms with Crippen LogP contribution in [0.1, 0.15) is 0 Å². The zero-order chi connectivity index (χ0) is 4.00. The van der Waals surface area contributed by atoms with E-state index in [-0.39, 0.29) is 0 Å². The SMILES string of the molecule is C#C.[O]=[Ru]. The van der Waals surface area contributed by atoms with Crippen molar-refractivity contribution in [2.24, 2.45) is 0 Å². The number of terminal acetylenes is 1. The first-order valence-electron chi connectivity index (χ1n) is 0.478. The fourth-order valence-electron chi connectivity index (χ4n) is 0. The van der Waals surface area contributed by atoms with Crippen molar-refractivity contribution in [3.63, 3.8) is 0 Å². The molecule has 0 rings (SSSR count). The summed E-state index contributed by atoms with van der Waals surface area (Å²) in [4.78, 5) is 0. The van der Waals surface area contributed by atoms with E-state index < -0.39 is 0 Å². The van der Waals surface area contributed by atoms with Crippen molar-refractivity contribution in [1.29, 1.82) is 0 Å². The Morgan fingerprint density at radius 2 is 1.25 bits per heavy atom. The normalized spacial score (nSPS) is 1.75. The van der Waals surface area contributed by atoms with Crippen LogP contribution < -0.4 is 0 Å². The molecule has 0 aliphatic carbocycles. The van der Waals surface area contributed by atoms with Gasteiger partial charge in [-0.25, -0.2) is 0 Å². The Morgan fingerprint density at radius 1 is 1.25 bits per heavy atom. The van der Waals surface area contributed by atoms with Gasteiger partial charge in [-0.1, -0.05) is 0 Å². The van der Waals surface area contributed by atoms with Gasteiger partial charge in [0.15, 0.2) is 0 Å². The predicted molar refractivity (Wildman–Crippen MR) is 10.6 cm³/mol. The molecule has 0 N–H and O–H groups in total. The molecule has 0 amide bonds. The molecule has 4 heavy (non-hydrogen) atoms. The van der Waals surface area contributed by atoms with Crippen LogP contribution in [0, 0.1) is 12.8 Å². The van der Waals surface area contributed by atoms with Gasteiger partial charge < -0.3 is 0 Å². The molecule has 0 radical (unpaired) electrons. The van der Waals surface area contributed by atoms with E-state index in [2.05, 4.69) is 12.8 Å². The Hall–Kier alpha value is -0.0166. The van der Waals surface area contributed by atoms with E-state index in [0.29, 0.717) is 0 Å². The van der Waals surface area contributed by atoms with Crippen LogP contribution >= 0.6 is 0 Å². The fourth-order valence-corrected chi connectivity index (χ4v) is 0. The first-order valence-corrected chi connectivity index (χ1v) is 1.19. The molecule has 0 saturated heterocycles. The van der Waals surface area contributed by atoms with Crippen LogP contribution in [0.2, 0.25) is 0 Å². The van der Waals surface area contributed by atoms with Crippen LogP contribution in [0.3, 0.4) is 0 Å². The maximum absolute atomic E-state index is 8.18. The van der Waals surface area contributed by atoms with Gasteiger partial charge in [-0.2, -0.15) is 0 Å². The molecule has 0 aromatic heterocycles. The molecule has 0 aliphatic heterocycles. The van der Waals surface area contributed by atoms with Crippen molar-refractivity contribution in [2.45, 2.75) is 0 Å². The van der Waals surface area contributed by atoms with Gasteiger partial charge >= 0.3 is 21.8 Å². The number of rotatable bonds is 0. The Kier molecular flexibility index (Phi) is 95700. The second kappa shape index (κ2) is 42500. The summed E-state index contributed by atoms with van der Waals surface area (Å²) in [5.74, 6) is 0. The number of hydrogen-bond donors (Lipinski definition) is 0. The van der Waals surface area contributed by atoms with E-state index in [9.17, 15) is 0 Å². The summed E-state index contributed by atoms with van der Waals surface area (Å²) in [6, 6.07) is 0. The van der Waals surface area contributed by atoms with Gasteiger partial charge in [-0.05, 0) is 0 Å². The van der Waals surface area contributed by atoms with Crippen molar-refractivity contribution in [1.82, 2.24) is 0 Å². The molecule has 0 bridgehead atoms. The average Bonchev–Trinajstić information content (AvgIpc) is 1.50. The second-order valence-electron chi connectivity index (χ2n) is 0. The maximum atomic E-state index is 8.18. The molecule has 0 aromatic carbocycles. The summed E-state index contributed by atoms with van der Waals surface area (Å²) in [5, 5.41) is 0. The minimum atomic E-state index is 1.10. The van der Waals surface area contributed by atoms with Crippen LogP contribution in [0.25, 0.3) is 0 Å².